The first-order chi connectivity index (χ1) is 9.35. The van der Waals surface area contributed by atoms with Gasteiger partial charge in [0, 0.05) is 24.7 Å². The van der Waals surface area contributed by atoms with Gasteiger partial charge in [-0.15, -0.1) is 0 Å². The number of hydrogen-bond donors (Lipinski definition) is 2. The number of aliphatic hydroxyl groups excluding tert-OH is 1. The molecule has 4 heteroatoms. The molecule has 1 atom stereocenters. The monoisotopic (exact) mass is 264 g/mol. The third kappa shape index (κ3) is 3.93. The molecule has 4 nitrogen and oxygen atoms in total. The largest absolute Gasteiger partial charge is 0.492 e. The van der Waals surface area contributed by atoms with E-state index in [1.165, 1.54) is 12.8 Å². The number of piperidine rings is 1. The Labute approximate surface area is 115 Å². The average molecular weight is 264 g/mol. The zero-order valence-corrected chi connectivity index (χ0v) is 11.4. The van der Waals surface area contributed by atoms with E-state index in [0.717, 1.165) is 30.8 Å². The Kier molecular flexibility index (Phi) is 5.63. The van der Waals surface area contributed by atoms with Gasteiger partial charge in [-0.2, -0.15) is 0 Å². The molecule has 0 saturated carbocycles. The van der Waals surface area contributed by atoms with Crippen molar-refractivity contribution in [2.45, 2.75) is 31.8 Å². The van der Waals surface area contributed by atoms with Gasteiger partial charge in [-0.25, -0.2) is 0 Å². The molecule has 0 bridgehead atoms. The van der Waals surface area contributed by atoms with Crippen molar-refractivity contribution in [3.63, 3.8) is 0 Å². The van der Waals surface area contributed by atoms with Crippen molar-refractivity contribution in [1.82, 2.24) is 4.90 Å². The van der Waals surface area contributed by atoms with Crippen LogP contribution in [0.15, 0.2) is 24.3 Å². The number of para-hydroxylation sites is 1. The molecule has 0 spiro atoms. The smallest absolute Gasteiger partial charge is 0.123 e. The van der Waals surface area contributed by atoms with Crippen LogP contribution in [0.4, 0.5) is 0 Å². The van der Waals surface area contributed by atoms with Crippen molar-refractivity contribution >= 4 is 0 Å². The van der Waals surface area contributed by atoms with Crippen LogP contribution in [-0.4, -0.2) is 42.4 Å². The number of benzene rings is 1. The van der Waals surface area contributed by atoms with E-state index >= 15 is 0 Å². The molecule has 2 rings (SSSR count). The summed E-state index contributed by atoms with van der Waals surface area (Å²) in [6.07, 6.45) is 3.53. The number of hydrogen-bond acceptors (Lipinski definition) is 4. The third-order valence-electron chi connectivity index (χ3n) is 3.79. The molecule has 0 aliphatic carbocycles. The van der Waals surface area contributed by atoms with E-state index in [1.54, 1.807) is 0 Å². The molecule has 1 heterocycles. The quantitative estimate of drug-likeness (QED) is 0.815. The predicted octanol–water partition coefficient (Wildman–Crippen LogP) is 1.37. The topological polar surface area (TPSA) is 58.7 Å². The van der Waals surface area contributed by atoms with Gasteiger partial charge in [0.15, 0.2) is 0 Å². The normalized spacial score (nSPS) is 20.4. The van der Waals surface area contributed by atoms with E-state index in [-0.39, 0.29) is 6.61 Å². The maximum absolute atomic E-state index is 9.36. The van der Waals surface area contributed by atoms with Crippen molar-refractivity contribution in [3.05, 3.63) is 29.8 Å². The minimum absolute atomic E-state index is 0.249. The minimum atomic E-state index is 0.249. The van der Waals surface area contributed by atoms with E-state index < -0.39 is 0 Å². The molecule has 19 heavy (non-hydrogen) atoms. The highest BCUT2D eigenvalue weighted by molar-refractivity contribution is 5.32. The van der Waals surface area contributed by atoms with Crippen LogP contribution in [0.2, 0.25) is 0 Å². The van der Waals surface area contributed by atoms with Crippen molar-refractivity contribution < 1.29 is 9.84 Å². The summed E-state index contributed by atoms with van der Waals surface area (Å²) in [5.41, 5.74) is 6.73. The average Bonchev–Trinajstić information content (AvgIpc) is 2.48. The summed E-state index contributed by atoms with van der Waals surface area (Å²) in [4.78, 5) is 2.33. The van der Waals surface area contributed by atoms with Gasteiger partial charge < -0.3 is 15.6 Å². The number of aliphatic hydroxyl groups is 1. The highest BCUT2D eigenvalue weighted by Gasteiger charge is 2.21. The van der Waals surface area contributed by atoms with Gasteiger partial charge in [0.25, 0.3) is 0 Å². The standard InChI is InChI=1S/C15H24N2O2/c16-11-13-5-1-2-7-15(13)19-10-9-17-8-4-3-6-14(17)12-18/h1-2,5,7,14,18H,3-4,6,8-12,16H2. The lowest BCUT2D eigenvalue weighted by atomic mass is 10.0. The third-order valence-corrected chi connectivity index (χ3v) is 3.79. The molecule has 0 radical (unpaired) electrons. The van der Waals surface area contributed by atoms with Crippen LogP contribution >= 0.6 is 0 Å². The summed E-state index contributed by atoms with van der Waals surface area (Å²) in [7, 11) is 0. The summed E-state index contributed by atoms with van der Waals surface area (Å²) in [5, 5.41) is 9.36. The summed E-state index contributed by atoms with van der Waals surface area (Å²) < 4.78 is 5.82. The Morgan fingerprint density at radius 3 is 2.95 bits per heavy atom. The van der Waals surface area contributed by atoms with Crippen molar-refractivity contribution in [2.75, 3.05) is 26.3 Å². The molecule has 0 amide bonds. The molecule has 1 aromatic rings. The molecule has 0 aromatic heterocycles. The lowest BCUT2D eigenvalue weighted by molar-refractivity contribution is 0.0772. The molecule has 3 N–H and O–H groups in total. The number of nitrogens with zero attached hydrogens (tertiary/aromatic N) is 1. The predicted molar refractivity (Wildman–Crippen MR) is 76.1 cm³/mol. The molecule has 1 saturated heterocycles. The highest BCUT2D eigenvalue weighted by Crippen LogP contribution is 2.19. The minimum Gasteiger partial charge on any atom is -0.492 e. The number of nitrogens with two attached hydrogens (primary N) is 1. The Hall–Kier alpha value is -1.10. The molecule has 1 aromatic carbocycles. The fourth-order valence-corrected chi connectivity index (χ4v) is 2.65. The summed E-state index contributed by atoms with van der Waals surface area (Å²) >= 11 is 0. The SMILES string of the molecule is NCc1ccccc1OCCN1CCCCC1CO. The lowest BCUT2D eigenvalue weighted by Crippen LogP contribution is -2.43. The van der Waals surface area contributed by atoms with Gasteiger partial charge >= 0.3 is 0 Å². The van der Waals surface area contributed by atoms with E-state index in [0.29, 0.717) is 19.2 Å². The van der Waals surface area contributed by atoms with Crippen molar-refractivity contribution in [3.8, 4) is 5.75 Å². The van der Waals surface area contributed by atoms with Gasteiger partial charge in [0.2, 0.25) is 0 Å². The zero-order valence-electron chi connectivity index (χ0n) is 11.4. The van der Waals surface area contributed by atoms with E-state index in [2.05, 4.69) is 4.90 Å². The summed E-state index contributed by atoms with van der Waals surface area (Å²) in [6, 6.07) is 8.20. The Balaban J connectivity index is 1.82. The fourth-order valence-electron chi connectivity index (χ4n) is 2.65. The van der Waals surface area contributed by atoms with Crippen LogP contribution in [0.5, 0.6) is 5.75 Å². The van der Waals surface area contributed by atoms with Crippen molar-refractivity contribution in [2.24, 2.45) is 5.73 Å². The number of ether oxygens (including phenoxy) is 1. The second kappa shape index (κ2) is 7.48. The second-order valence-corrected chi connectivity index (χ2v) is 5.03. The fraction of sp³-hybridized carbons (Fsp3) is 0.600. The van der Waals surface area contributed by atoms with Gasteiger partial charge in [-0.1, -0.05) is 24.6 Å². The lowest BCUT2D eigenvalue weighted by Gasteiger charge is -2.34. The summed E-state index contributed by atoms with van der Waals surface area (Å²) in [6.45, 7) is 3.32. The van der Waals surface area contributed by atoms with Crippen molar-refractivity contribution in [1.29, 1.82) is 0 Å². The van der Waals surface area contributed by atoms with Crippen LogP contribution < -0.4 is 10.5 Å². The highest BCUT2D eigenvalue weighted by atomic mass is 16.5. The number of rotatable bonds is 6. The van der Waals surface area contributed by atoms with E-state index in [4.69, 9.17) is 10.5 Å². The first-order valence-electron chi connectivity index (χ1n) is 7.11. The maximum atomic E-state index is 9.36. The second-order valence-electron chi connectivity index (χ2n) is 5.03. The van der Waals surface area contributed by atoms with Crippen LogP contribution in [0.25, 0.3) is 0 Å². The molecule has 1 aliphatic rings. The molecule has 1 fully saturated rings. The Morgan fingerprint density at radius 1 is 1.32 bits per heavy atom. The number of likely N-dealkylation sites (tertiary alicyclic amines) is 1. The molecular weight excluding hydrogens is 240 g/mol. The first kappa shape index (κ1) is 14.3. The maximum Gasteiger partial charge on any atom is 0.123 e. The first-order valence-corrected chi connectivity index (χ1v) is 7.11. The van der Waals surface area contributed by atoms with Crippen LogP contribution in [0.1, 0.15) is 24.8 Å². The van der Waals surface area contributed by atoms with Crippen LogP contribution in [0.3, 0.4) is 0 Å². The Morgan fingerprint density at radius 2 is 2.16 bits per heavy atom. The molecule has 106 valence electrons. The van der Waals surface area contributed by atoms with Crippen LogP contribution in [0, 0.1) is 0 Å². The molecule has 1 aliphatic heterocycles. The molecule has 1 unspecified atom stereocenters. The van der Waals surface area contributed by atoms with Gasteiger partial charge in [0.05, 0.1) is 6.61 Å². The van der Waals surface area contributed by atoms with Crippen LogP contribution in [-0.2, 0) is 6.54 Å². The molecular formula is C15H24N2O2. The van der Waals surface area contributed by atoms with Gasteiger partial charge in [-0.05, 0) is 25.5 Å². The van der Waals surface area contributed by atoms with Gasteiger partial charge in [-0.3, -0.25) is 4.90 Å². The Bertz CT molecular complexity index is 384. The van der Waals surface area contributed by atoms with Gasteiger partial charge in [0.1, 0.15) is 12.4 Å². The van der Waals surface area contributed by atoms with E-state index in [1.807, 2.05) is 24.3 Å². The zero-order chi connectivity index (χ0) is 13.5. The summed E-state index contributed by atoms with van der Waals surface area (Å²) in [5.74, 6) is 0.877. The van der Waals surface area contributed by atoms with E-state index in [9.17, 15) is 5.11 Å².